The number of fused-ring (bicyclic) bond motifs is 1. The van der Waals surface area contributed by atoms with Gasteiger partial charge >= 0.3 is 0 Å². The Kier molecular flexibility index (Phi) is 5.75. The van der Waals surface area contributed by atoms with E-state index in [9.17, 15) is 0 Å². The summed E-state index contributed by atoms with van der Waals surface area (Å²) in [6.07, 6.45) is 2.23. The molecule has 2 heterocycles. The number of aromatic nitrogens is 1. The molecule has 3 rings (SSSR count). The Morgan fingerprint density at radius 3 is 2.33 bits per heavy atom. The maximum Gasteiger partial charge on any atom is 0.138 e. The van der Waals surface area contributed by atoms with E-state index < -0.39 is 0 Å². The number of benzene rings is 1. The van der Waals surface area contributed by atoms with Crippen LogP contribution in [0.25, 0.3) is 0 Å². The van der Waals surface area contributed by atoms with Crippen molar-refractivity contribution in [1.29, 1.82) is 0 Å². The lowest BCUT2D eigenvalue weighted by molar-refractivity contribution is 0.0509. The van der Waals surface area contributed by atoms with Crippen molar-refractivity contribution in [2.75, 3.05) is 16.9 Å². The summed E-state index contributed by atoms with van der Waals surface area (Å²) in [5, 5.41) is 3.64. The predicted octanol–water partition coefficient (Wildman–Crippen LogP) is 6.10. The molecule has 0 aliphatic carbocycles. The summed E-state index contributed by atoms with van der Waals surface area (Å²) in [7, 11) is 0. The second-order valence-corrected chi connectivity index (χ2v) is 7.82. The monoisotopic (exact) mass is 367 g/mol. The first-order chi connectivity index (χ1) is 12.8. The highest BCUT2D eigenvalue weighted by Crippen LogP contribution is 2.41. The number of hydrogen-bond donors (Lipinski definition) is 1. The van der Waals surface area contributed by atoms with Gasteiger partial charge in [-0.15, -0.1) is 0 Å². The van der Waals surface area contributed by atoms with E-state index in [1.54, 1.807) is 0 Å². The molecule has 0 fully saturated rings. The average Bonchev–Trinajstić information content (AvgIpc) is 2.60. The summed E-state index contributed by atoms with van der Waals surface area (Å²) in [6, 6.07) is 7.13. The zero-order valence-electron chi connectivity index (χ0n) is 17.8. The van der Waals surface area contributed by atoms with Crippen molar-refractivity contribution in [2.24, 2.45) is 0 Å². The van der Waals surface area contributed by atoms with Crippen LogP contribution in [0.2, 0.25) is 0 Å². The van der Waals surface area contributed by atoms with Gasteiger partial charge in [0.2, 0.25) is 0 Å². The topological polar surface area (TPSA) is 37.4 Å². The highest BCUT2D eigenvalue weighted by Gasteiger charge is 2.30. The highest BCUT2D eigenvalue weighted by atomic mass is 16.5. The molecule has 4 nitrogen and oxygen atoms in total. The predicted molar refractivity (Wildman–Crippen MR) is 114 cm³/mol. The van der Waals surface area contributed by atoms with Gasteiger partial charge in [-0.1, -0.05) is 31.5 Å². The maximum atomic E-state index is 6.15. The zero-order chi connectivity index (χ0) is 19.7. The van der Waals surface area contributed by atoms with Crippen molar-refractivity contribution in [3.8, 4) is 0 Å². The van der Waals surface area contributed by atoms with E-state index in [2.05, 4.69) is 76.9 Å². The van der Waals surface area contributed by atoms with Gasteiger partial charge in [0.15, 0.2) is 0 Å². The van der Waals surface area contributed by atoms with Gasteiger partial charge in [0, 0.05) is 23.0 Å². The number of pyridine rings is 1. The Morgan fingerprint density at radius 2 is 1.74 bits per heavy atom. The minimum Gasteiger partial charge on any atom is -0.353 e. The molecule has 146 valence electrons. The molecule has 0 spiro atoms. The molecule has 1 N–H and O–H groups in total. The lowest BCUT2D eigenvalue weighted by atomic mass is 10.0. The summed E-state index contributed by atoms with van der Waals surface area (Å²) < 4.78 is 6.15. The Bertz CT molecular complexity index is 804. The van der Waals surface area contributed by atoms with Crippen molar-refractivity contribution < 1.29 is 4.74 Å². The molecule has 0 bridgehead atoms. The summed E-state index contributed by atoms with van der Waals surface area (Å²) in [5.41, 5.74) is 8.37. The van der Waals surface area contributed by atoms with Crippen LogP contribution in [0.3, 0.4) is 0 Å². The Labute approximate surface area is 164 Å². The van der Waals surface area contributed by atoms with Gasteiger partial charge in [-0.05, 0) is 64.7 Å². The number of nitrogens with zero attached hydrogens (tertiary/aromatic N) is 2. The molecule has 27 heavy (non-hydrogen) atoms. The zero-order valence-corrected chi connectivity index (χ0v) is 17.8. The van der Waals surface area contributed by atoms with Gasteiger partial charge < -0.3 is 15.0 Å². The molecule has 2 aromatic rings. The summed E-state index contributed by atoms with van der Waals surface area (Å²) >= 11 is 0. The van der Waals surface area contributed by atoms with Crippen LogP contribution in [0.5, 0.6) is 0 Å². The van der Waals surface area contributed by atoms with Crippen molar-refractivity contribution in [3.05, 3.63) is 46.1 Å². The quantitative estimate of drug-likeness (QED) is 0.692. The van der Waals surface area contributed by atoms with Gasteiger partial charge in [-0.3, -0.25) is 0 Å². The number of anilines is 3. The molecule has 1 atom stereocenters. The molecular formula is C23H33N3O. The molecule has 4 heteroatoms. The minimum absolute atomic E-state index is 0.0206. The Hall–Kier alpha value is -2.07. The Morgan fingerprint density at radius 1 is 1.11 bits per heavy atom. The van der Waals surface area contributed by atoms with E-state index in [0.717, 1.165) is 35.6 Å². The largest absolute Gasteiger partial charge is 0.353 e. The molecule has 0 saturated heterocycles. The number of ether oxygens (including phenoxy) is 1. The molecule has 1 aliphatic rings. The number of nitrogens with one attached hydrogen (secondary N) is 1. The fraction of sp³-hybridized carbons (Fsp3) is 0.522. The van der Waals surface area contributed by atoms with Crippen LogP contribution in [-0.2, 0) is 4.74 Å². The molecule has 0 radical (unpaired) electrons. The molecular weight excluding hydrogens is 334 g/mol. The lowest BCUT2D eigenvalue weighted by Gasteiger charge is -2.40. The molecule has 1 aromatic carbocycles. The van der Waals surface area contributed by atoms with E-state index in [1.165, 1.54) is 22.4 Å². The van der Waals surface area contributed by atoms with Gasteiger partial charge in [0.05, 0.1) is 11.8 Å². The molecule has 0 amide bonds. The van der Waals surface area contributed by atoms with Crippen molar-refractivity contribution in [2.45, 2.75) is 73.5 Å². The van der Waals surface area contributed by atoms with Crippen LogP contribution in [0.4, 0.5) is 17.2 Å². The first-order valence-electron chi connectivity index (χ1n) is 10.1. The van der Waals surface area contributed by atoms with Crippen molar-refractivity contribution >= 4 is 17.2 Å². The van der Waals surface area contributed by atoms with Gasteiger partial charge in [0.25, 0.3) is 0 Å². The van der Waals surface area contributed by atoms with Gasteiger partial charge in [-0.25, -0.2) is 4.98 Å². The third-order valence-electron chi connectivity index (χ3n) is 5.65. The van der Waals surface area contributed by atoms with E-state index in [1.807, 2.05) is 0 Å². The fourth-order valence-corrected chi connectivity index (χ4v) is 4.27. The van der Waals surface area contributed by atoms with Gasteiger partial charge in [-0.2, -0.15) is 0 Å². The number of hydrogen-bond acceptors (Lipinski definition) is 4. The fourth-order valence-electron chi connectivity index (χ4n) is 4.27. The lowest BCUT2D eigenvalue weighted by Crippen LogP contribution is -2.40. The minimum atomic E-state index is 0.0206. The second kappa shape index (κ2) is 7.89. The first kappa shape index (κ1) is 19.7. The third kappa shape index (κ3) is 3.81. The second-order valence-electron chi connectivity index (χ2n) is 7.82. The van der Waals surface area contributed by atoms with E-state index >= 15 is 0 Å². The Balaban J connectivity index is 2.10. The van der Waals surface area contributed by atoms with Crippen LogP contribution < -0.4 is 10.2 Å². The standard InChI is InChI=1S/C23H33N3O/c1-8-19(9-2)26-13-27-18(7)21-20(26)12-17(6)24-23(21)25-22-15(4)10-14(3)11-16(22)5/h10-12,18-19H,8-9,13H2,1-7H3,(H,24,25). The molecule has 1 aliphatic heterocycles. The van der Waals surface area contributed by atoms with Crippen LogP contribution in [0.1, 0.15) is 67.7 Å². The van der Waals surface area contributed by atoms with Crippen molar-refractivity contribution in [1.82, 2.24) is 4.98 Å². The van der Waals surface area contributed by atoms with E-state index in [0.29, 0.717) is 12.8 Å². The summed E-state index contributed by atoms with van der Waals surface area (Å²) in [6.45, 7) is 15.8. The highest BCUT2D eigenvalue weighted by molar-refractivity contribution is 5.73. The van der Waals surface area contributed by atoms with Crippen LogP contribution in [0, 0.1) is 27.7 Å². The smallest absolute Gasteiger partial charge is 0.138 e. The number of aryl methyl sites for hydroxylation is 4. The van der Waals surface area contributed by atoms with Crippen molar-refractivity contribution in [3.63, 3.8) is 0 Å². The summed E-state index contributed by atoms with van der Waals surface area (Å²) in [4.78, 5) is 7.27. The van der Waals surface area contributed by atoms with Crippen LogP contribution in [0.15, 0.2) is 18.2 Å². The van der Waals surface area contributed by atoms with Crippen LogP contribution >= 0.6 is 0 Å². The SMILES string of the molecule is CCC(CC)N1COC(C)c2c1cc(C)nc2Nc1c(C)cc(C)cc1C. The first-order valence-corrected chi connectivity index (χ1v) is 10.1. The normalized spacial score (nSPS) is 16.6. The van der Waals surface area contributed by atoms with Crippen LogP contribution in [-0.4, -0.2) is 17.8 Å². The molecule has 0 saturated carbocycles. The summed E-state index contributed by atoms with van der Waals surface area (Å²) in [5.74, 6) is 0.920. The number of rotatable bonds is 5. The maximum absolute atomic E-state index is 6.15. The van der Waals surface area contributed by atoms with E-state index in [4.69, 9.17) is 9.72 Å². The average molecular weight is 368 g/mol. The van der Waals surface area contributed by atoms with Gasteiger partial charge in [0.1, 0.15) is 12.5 Å². The third-order valence-corrected chi connectivity index (χ3v) is 5.65. The molecule has 1 unspecified atom stereocenters. The van der Waals surface area contributed by atoms with E-state index in [-0.39, 0.29) is 6.10 Å². The molecule has 1 aromatic heterocycles.